The van der Waals surface area contributed by atoms with Crippen molar-refractivity contribution in [3.63, 3.8) is 0 Å². The van der Waals surface area contributed by atoms with Gasteiger partial charge in [-0.1, -0.05) is 13.0 Å². The second-order valence-electron chi connectivity index (χ2n) is 4.32. The molecule has 2 N–H and O–H groups in total. The lowest BCUT2D eigenvalue weighted by Crippen LogP contribution is -2.24. The number of hydrogen-bond acceptors (Lipinski definition) is 6. The van der Waals surface area contributed by atoms with E-state index in [9.17, 15) is 8.42 Å². The summed E-state index contributed by atoms with van der Waals surface area (Å²) < 4.78 is 26.6. The number of rotatable bonds is 7. The molecule has 0 aliphatic rings. The summed E-state index contributed by atoms with van der Waals surface area (Å²) in [7, 11) is -3.65. The van der Waals surface area contributed by atoms with Crippen molar-refractivity contribution in [1.82, 2.24) is 25.2 Å². The minimum Gasteiger partial charge on any atom is -0.313 e. The zero-order valence-corrected chi connectivity index (χ0v) is 12.5. The Hall–Kier alpha value is -1.90. The van der Waals surface area contributed by atoms with E-state index in [1.165, 1.54) is 12.3 Å². The van der Waals surface area contributed by atoms with Crippen LogP contribution in [0.3, 0.4) is 0 Å². The van der Waals surface area contributed by atoms with Gasteiger partial charge in [-0.15, -0.1) is 0 Å². The lowest BCUT2D eigenvalue weighted by Gasteiger charge is -2.06. The molecule has 2 aromatic heterocycles. The Balaban J connectivity index is 2.02. The Morgan fingerprint density at radius 3 is 2.67 bits per heavy atom. The van der Waals surface area contributed by atoms with Crippen LogP contribution < -0.4 is 10.0 Å². The van der Waals surface area contributed by atoms with Crippen LogP contribution in [0.1, 0.15) is 18.2 Å². The molecule has 0 aromatic carbocycles. The SMILES string of the molecule is CCNCc1ccc(S(=O)(=O)NCc2cccnn2)nc1. The Morgan fingerprint density at radius 1 is 1.19 bits per heavy atom. The molecule has 112 valence electrons. The highest BCUT2D eigenvalue weighted by molar-refractivity contribution is 7.89. The van der Waals surface area contributed by atoms with Crippen LogP contribution in [-0.2, 0) is 23.1 Å². The fourth-order valence-corrected chi connectivity index (χ4v) is 2.54. The molecule has 7 nitrogen and oxygen atoms in total. The Kier molecular flexibility index (Phi) is 5.32. The Morgan fingerprint density at radius 2 is 2.05 bits per heavy atom. The number of nitrogens with zero attached hydrogens (tertiary/aromatic N) is 3. The van der Waals surface area contributed by atoms with Gasteiger partial charge >= 0.3 is 0 Å². The van der Waals surface area contributed by atoms with Crippen LogP contribution in [-0.4, -0.2) is 30.1 Å². The third kappa shape index (κ3) is 4.55. The zero-order chi connectivity index (χ0) is 15.1. The Bertz CT molecular complexity index is 659. The topological polar surface area (TPSA) is 96.9 Å². The predicted octanol–water partition coefficient (Wildman–Crippen LogP) is 0.460. The van der Waals surface area contributed by atoms with E-state index in [1.54, 1.807) is 24.4 Å². The first kappa shape index (κ1) is 15.5. The molecule has 8 heteroatoms. The molecule has 0 aliphatic heterocycles. The van der Waals surface area contributed by atoms with E-state index in [-0.39, 0.29) is 11.6 Å². The monoisotopic (exact) mass is 307 g/mol. The third-order valence-electron chi connectivity index (χ3n) is 2.72. The van der Waals surface area contributed by atoms with Crippen molar-refractivity contribution in [2.45, 2.75) is 25.0 Å². The van der Waals surface area contributed by atoms with Crippen LogP contribution in [0.2, 0.25) is 0 Å². The van der Waals surface area contributed by atoms with Gasteiger partial charge < -0.3 is 5.32 Å². The maximum absolute atomic E-state index is 12.1. The first-order valence-corrected chi connectivity index (χ1v) is 8.02. The van der Waals surface area contributed by atoms with Crippen LogP contribution in [0.25, 0.3) is 0 Å². The maximum Gasteiger partial charge on any atom is 0.258 e. The lowest BCUT2D eigenvalue weighted by atomic mass is 10.3. The average Bonchev–Trinajstić information content (AvgIpc) is 2.52. The largest absolute Gasteiger partial charge is 0.313 e. The van der Waals surface area contributed by atoms with Crippen molar-refractivity contribution in [2.75, 3.05) is 6.54 Å². The molecular weight excluding hydrogens is 290 g/mol. The highest BCUT2D eigenvalue weighted by atomic mass is 32.2. The highest BCUT2D eigenvalue weighted by Crippen LogP contribution is 2.07. The fraction of sp³-hybridized carbons (Fsp3) is 0.308. The van der Waals surface area contributed by atoms with Gasteiger partial charge in [-0.25, -0.2) is 18.1 Å². The molecule has 2 aromatic rings. The number of nitrogens with one attached hydrogen (secondary N) is 2. The Labute approximate surface area is 123 Å². The second-order valence-corrected chi connectivity index (χ2v) is 6.04. The second kappa shape index (κ2) is 7.21. The molecule has 0 atom stereocenters. The van der Waals surface area contributed by atoms with Gasteiger partial charge in [-0.05, 0) is 30.3 Å². The van der Waals surface area contributed by atoms with E-state index in [0.29, 0.717) is 12.2 Å². The van der Waals surface area contributed by atoms with Crippen LogP contribution in [0.4, 0.5) is 0 Å². The summed E-state index contributed by atoms with van der Waals surface area (Å²) in [5.41, 5.74) is 1.48. The van der Waals surface area contributed by atoms with Gasteiger partial charge in [0.05, 0.1) is 12.2 Å². The summed E-state index contributed by atoms with van der Waals surface area (Å²) in [5, 5.41) is 10.6. The van der Waals surface area contributed by atoms with Gasteiger partial charge in [0.1, 0.15) is 0 Å². The van der Waals surface area contributed by atoms with E-state index in [4.69, 9.17) is 0 Å². The maximum atomic E-state index is 12.1. The first-order valence-electron chi connectivity index (χ1n) is 6.53. The summed E-state index contributed by atoms with van der Waals surface area (Å²) in [6.07, 6.45) is 3.09. The predicted molar refractivity (Wildman–Crippen MR) is 77.7 cm³/mol. The van der Waals surface area contributed by atoms with Crippen molar-refractivity contribution in [2.24, 2.45) is 0 Å². The summed E-state index contributed by atoms with van der Waals surface area (Å²) in [5.74, 6) is 0. The average molecular weight is 307 g/mol. The van der Waals surface area contributed by atoms with Crippen molar-refractivity contribution in [1.29, 1.82) is 0 Å². The summed E-state index contributed by atoms with van der Waals surface area (Å²) >= 11 is 0. The van der Waals surface area contributed by atoms with E-state index in [0.717, 1.165) is 12.1 Å². The molecule has 2 rings (SSSR count). The normalized spacial score (nSPS) is 11.5. The summed E-state index contributed by atoms with van der Waals surface area (Å²) in [4.78, 5) is 3.99. The van der Waals surface area contributed by atoms with Gasteiger partial charge in [-0.3, -0.25) is 0 Å². The molecule has 0 radical (unpaired) electrons. The first-order chi connectivity index (χ1) is 10.1. The molecular formula is C13H17N5O2S. The van der Waals surface area contributed by atoms with Crippen molar-refractivity contribution in [3.8, 4) is 0 Å². The van der Waals surface area contributed by atoms with E-state index >= 15 is 0 Å². The number of sulfonamides is 1. The van der Waals surface area contributed by atoms with Crippen molar-refractivity contribution in [3.05, 3.63) is 47.9 Å². The smallest absolute Gasteiger partial charge is 0.258 e. The van der Waals surface area contributed by atoms with Crippen LogP contribution in [0, 0.1) is 0 Å². The van der Waals surface area contributed by atoms with Crippen molar-refractivity contribution >= 4 is 10.0 Å². The van der Waals surface area contributed by atoms with Gasteiger partial charge in [0, 0.05) is 18.9 Å². The zero-order valence-electron chi connectivity index (χ0n) is 11.7. The molecule has 2 heterocycles. The fourth-order valence-electron chi connectivity index (χ4n) is 1.61. The van der Waals surface area contributed by atoms with Gasteiger partial charge in [-0.2, -0.15) is 10.2 Å². The molecule has 0 amide bonds. The van der Waals surface area contributed by atoms with E-state index < -0.39 is 10.0 Å². The molecule has 0 unspecified atom stereocenters. The summed E-state index contributed by atoms with van der Waals surface area (Å²) in [6, 6.07) is 6.63. The quantitative estimate of drug-likeness (QED) is 0.771. The van der Waals surface area contributed by atoms with Crippen LogP contribution >= 0.6 is 0 Å². The van der Waals surface area contributed by atoms with E-state index in [2.05, 4.69) is 25.2 Å². The lowest BCUT2D eigenvalue weighted by molar-refractivity contribution is 0.575. The van der Waals surface area contributed by atoms with Gasteiger partial charge in [0.15, 0.2) is 5.03 Å². The number of pyridine rings is 1. The minimum atomic E-state index is -3.65. The summed E-state index contributed by atoms with van der Waals surface area (Å²) in [6.45, 7) is 3.59. The molecule has 0 saturated heterocycles. The molecule has 0 bridgehead atoms. The molecule has 0 saturated carbocycles. The van der Waals surface area contributed by atoms with Crippen molar-refractivity contribution < 1.29 is 8.42 Å². The van der Waals surface area contributed by atoms with Gasteiger partial charge in [0.2, 0.25) is 0 Å². The minimum absolute atomic E-state index is 0.00774. The number of hydrogen-bond donors (Lipinski definition) is 2. The van der Waals surface area contributed by atoms with E-state index in [1.807, 2.05) is 6.92 Å². The molecule has 21 heavy (non-hydrogen) atoms. The highest BCUT2D eigenvalue weighted by Gasteiger charge is 2.15. The van der Waals surface area contributed by atoms with Crippen LogP contribution in [0.5, 0.6) is 0 Å². The van der Waals surface area contributed by atoms with Crippen LogP contribution in [0.15, 0.2) is 41.7 Å². The molecule has 0 fully saturated rings. The molecule has 0 spiro atoms. The number of aromatic nitrogens is 3. The standard InChI is InChI=1S/C13H17N5O2S/c1-2-14-8-11-5-6-13(15-9-11)21(19,20)17-10-12-4-3-7-16-18-12/h3-7,9,14,17H,2,8,10H2,1H3. The third-order valence-corrected chi connectivity index (χ3v) is 4.04. The molecule has 0 aliphatic carbocycles. The van der Waals surface area contributed by atoms with Gasteiger partial charge in [0.25, 0.3) is 10.0 Å².